The third-order valence-corrected chi connectivity index (χ3v) is 10.7. The van der Waals surface area contributed by atoms with Crippen LogP contribution >= 0.6 is 15.9 Å². The zero-order chi connectivity index (χ0) is 35.8. The molecule has 252 valence electrons. The molecule has 0 N–H and O–H groups in total. The molecule has 5 aromatic carbocycles. The second-order valence-corrected chi connectivity index (χ2v) is 14.7. The van der Waals surface area contributed by atoms with Crippen LogP contribution in [0.4, 0.5) is 5.69 Å². The van der Waals surface area contributed by atoms with Gasteiger partial charge in [-0.05, 0) is 76.9 Å². The summed E-state index contributed by atoms with van der Waals surface area (Å²) in [7, 11) is 2.11. The molecule has 0 radical (unpaired) electrons. The minimum Gasteiger partial charge on any atom is -0.347 e. The highest BCUT2D eigenvalue weighted by molar-refractivity contribution is 9.10. The van der Waals surface area contributed by atoms with Gasteiger partial charge in [0.15, 0.2) is 5.78 Å². The van der Waals surface area contributed by atoms with E-state index in [4.69, 9.17) is 0 Å². The van der Waals surface area contributed by atoms with Crippen LogP contribution in [0.2, 0.25) is 0 Å². The van der Waals surface area contributed by atoms with Gasteiger partial charge in [-0.1, -0.05) is 127 Å². The molecule has 52 heavy (non-hydrogen) atoms. The molecule has 1 aliphatic heterocycles. The highest BCUT2D eigenvalue weighted by Crippen LogP contribution is 2.46. The molecule has 4 heteroatoms. The van der Waals surface area contributed by atoms with Crippen molar-refractivity contribution in [2.45, 2.75) is 19.3 Å². The van der Waals surface area contributed by atoms with Crippen LogP contribution in [0, 0.1) is 0 Å². The number of hydrogen-bond donors (Lipinski definition) is 0. The molecule has 2 aliphatic rings. The molecule has 0 saturated heterocycles. The number of carbonyl (C=O) groups excluding carboxylic acids is 1. The third-order valence-electron chi connectivity index (χ3n) is 10.2. The van der Waals surface area contributed by atoms with E-state index in [0.717, 1.165) is 55.1 Å². The molecule has 6 aromatic rings. The standard InChI is InChI=1S/C48H38BrN2O/c1-48(2)42-21-13-14-22-43(42)50(3)46(48)28-25-37-29-40(32-41(47(37)52)34-15-7-4-8-16-34)51-44(35-17-9-5-10-18-35)30-38(33-23-26-39(49)27-24-33)31-45(51)36-19-11-6-12-20-36/h4-32H,1-3H3/q+1/b37-25-,46-28-. The van der Waals surface area contributed by atoms with Crippen LogP contribution in [-0.4, -0.2) is 12.8 Å². The Bertz CT molecular complexity index is 2380. The number of Topliss-reactive ketones (excluding diaryl/α,β-unsaturated/α-hetero) is 1. The second kappa shape index (κ2) is 13.7. The maximum atomic E-state index is 14.5. The van der Waals surface area contributed by atoms with E-state index in [1.165, 1.54) is 11.3 Å². The Kier molecular flexibility index (Phi) is 8.78. The SMILES string of the molecule is CN1/C(=C\C=C2\C=C([n+]3c(-c4ccccc4)cc(-c4ccc(Br)cc4)cc3-c3ccccc3)C=C(c3ccccc3)C2=O)C(C)(C)c2ccccc21. The summed E-state index contributed by atoms with van der Waals surface area (Å²) in [6.07, 6.45) is 8.26. The zero-order valence-electron chi connectivity index (χ0n) is 29.4. The molecule has 0 unspecified atom stereocenters. The van der Waals surface area contributed by atoms with Crippen LogP contribution in [0.25, 0.3) is 44.9 Å². The lowest BCUT2D eigenvalue weighted by molar-refractivity contribution is -0.554. The second-order valence-electron chi connectivity index (χ2n) is 13.8. The van der Waals surface area contributed by atoms with E-state index in [-0.39, 0.29) is 11.2 Å². The van der Waals surface area contributed by atoms with Crippen LogP contribution < -0.4 is 9.47 Å². The number of nitrogens with zero attached hydrogens (tertiary/aromatic N) is 2. The van der Waals surface area contributed by atoms with E-state index in [1.807, 2.05) is 48.5 Å². The van der Waals surface area contributed by atoms with Crippen molar-refractivity contribution >= 4 is 38.7 Å². The van der Waals surface area contributed by atoms with E-state index >= 15 is 0 Å². The van der Waals surface area contributed by atoms with E-state index in [9.17, 15) is 4.79 Å². The molecule has 0 amide bonds. The van der Waals surface area contributed by atoms with E-state index in [0.29, 0.717) is 11.1 Å². The van der Waals surface area contributed by atoms with E-state index < -0.39 is 0 Å². The van der Waals surface area contributed by atoms with Gasteiger partial charge in [0.1, 0.15) is 0 Å². The number of hydrogen-bond acceptors (Lipinski definition) is 2. The monoisotopic (exact) mass is 737 g/mol. The number of fused-ring (bicyclic) bond motifs is 1. The summed E-state index contributed by atoms with van der Waals surface area (Å²) in [6.45, 7) is 4.50. The summed E-state index contributed by atoms with van der Waals surface area (Å²) >= 11 is 3.61. The van der Waals surface area contributed by atoms with Gasteiger partial charge in [0.2, 0.25) is 17.1 Å². The van der Waals surface area contributed by atoms with Gasteiger partial charge in [0.05, 0.1) is 0 Å². The first-order valence-electron chi connectivity index (χ1n) is 17.6. The molecule has 8 rings (SSSR count). The predicted molar refractivity (Wildman–Crippen MR) is 218 cm³/mol. The molecule has 0 atom stereocenters. The topological polar surface area (TPSA) is 24.2 Å². The van der Waals surface area contributed by atoms with Crippen molar-refractivity contribution in [1.29, 1.82) is 0 Å². The lowest BCUT2D eigenvalue weighted by atomic mass is 9.83. The number of pyridine rings is 1. The van der Waals surface area contributed by atoms with E-state index in [2.05, 4.69) is 174 Å². The number of rotatable bonds is 6. The maximum absolute atomic E-state index is 14.5. The van der Waals surface area contributed by atoms with Gasteiger partial charge < -0.3 is 4.90 Å². The van der Waals surface area contributed by atoms with E-state index in [1.54, 1.807) is 0 Å². The molecular weight excluding hydrogens is 700 g/mol. The summed E-state index contributed by atoms with van der Waals surface area (Å²) in [5.74, 6) is -0.00243. The smallest absolute Gasteiger partial charge is 0.219 e. The minimum atomic E-state index is -0.219. The summed E-state index contributed by atoms with van der Waals surface area (Å²) in [4.78, 5) is 16.8. The lowest BCUT2D eigenvalue weighted by Crippen LogP contribution is -2.38. The Hall–Kier alpha value is -5.84. The van der Waals surface area contributed by atoms with Gasteiger partial charge in [0, 0.05) is 74.9 Å². The third kappa shape index (κ3) is 6.10. The fourth-order valence-corrected chi connectivity index (χ4v) is 7.78. The van der Waals surface area contributed by atoms with Crippen molar-refractivity contribution in [1.82, 2.24) is 0 Å². The Morgan fingerprint density at radius 2 is 1.13 bits per heavy atom. The van der Waals surface area contributed by atoms with Gasteiger partial charge in [-0.15, -0.1) is 0 Å². The molecule has 1 aliphatic carbocycles. The fourth-order valence-electron chi connectivity index (χ4n) is 7.52. The summed E-state index contributed by atoms with van der Waals surface area (Å²) in [5, 5.41) is 0. The molecule has 0 fully saturated rings. The molecule has 1 aromatic heterocycles. The lowest BCUT2D eigenvalue weighted by Gasteiger charge is -2.24. The normalized spacial score (nSPS) is 16.5. The van der Waals surface area contributed by atoms with Crippen LogP contribution in [0.15, 0.2) is 192 Å². The zero-order valence-corrected chi connectivity index (χ0v) is 31.0. The fraction of sp³-hybridized carbons (Fsp3) is 0.0833. The Labute approximate surface area is 314 Å². The first-order valence-corrected chi connectivity index (χ1v) is 18.4. The van der Waals surface area contributed by atoms with Crippen LogP contribution in [0.5, 0.6) is 0 Å². The molecular formula is C48H38BrN2O+. The van der Waals surface area contributed by atoms with Gasteiger partial charge in [0.25, 0.3) is 0 Å². The van der Waals surface area contributed by atoms with Crippen molar-refractivity contribution in [2.24, 2.45) is 0 Å². The van der Waals surface area contributed by atoms with Gasteiger partial charge in [-0.3, -0.25) is 4.79 Å². The van der Waals surface area contributed by atoms with Crippen LogP contribution in [0.1, 0.15) is 25.0 Å². The Morgan fingerprint density at radius 3 is 1.71 bits per heavy atom. The molecule has 3 nitrogen and oxygen atoms in total. The number of benzene rings is 5. The Balaban J connectivity index is 1.39. The molecule has 0 bridgehead atoms. The minimum absolute atomic E-state index is 0.00243. The summed E-state index contributed by atoms with van der Waals surface area (Å²) in [6, 6.07) is 52.5. The number of allylic oxidation sites excluding steroid dienone is 8. The average molecular weight is 739 g/mol. The highest BCUT2D eigenvalue weighted by atomic mass is 79.9. The van der Waals surface area contributed by atoms with Crippen LogP contribution in [-0.2, 0) is 10.2 Å². The summed E-state index contributed by atoms with van der Waals surface area (Å²) in [5.41, 5.74) is 12.9. The van der Waals surface area contributed by atoms with Gasteiger partial charge >= 0.3 is 0 Å². The van der Waals surface area contributed by atoms with Gasteiger partial charge in [-0.2, -0.15) is 4.57 Å². The van der Waals surface area contributed by atoms with Crippen LogP contribution in [0.3, 0.4) is 0 Å². The quantitative estimate of drug-likeness (QED) is 0.126. The maximum Gasteiger partial charge on any atom is 0.219 e. The number of carbonyl (C=O) groups is 1. The van der Waals surface area contributed by atoms with Crippen molar-refractivity contribution < 1.29 is 9.36 Å². The van der Waals surface area contributed by atoms with Crippen molar-refractivity contribution in [3.05, 3.63) is 203 Å². The predicted octanol–water partition coefficient (Wildman–Crippen LogP) is 11.5. The highest BCUT2D eigenvalue weighted by Gasteiger charge is 2.38. The average Bonchev–Trinajstić information content (AvgIpc) is 3.38. The Morgan fingerprint density at radius 1 is 0.596 bits per heavy atom. The summed E-state index contributed by atoms with van der Waals surface area (Å²) < 4.78 is 3.35. The van der Waals surface area contributed by atoms with Crippen molar-refractivity contribution in [3.63, 3.8) is 0 Å². The number of para-hydroxylation sites is 1. The van der Waals surface area contributed by atoms with Crippen molar-refractivity contribution in [3.8, 4) is 33.6 Å². The number of aromatic nitrogens is 1. The van der Waals surface area contributed by atoms with Gasteiger partial charge in [-0.25, -0.2) is 0 Å². The first kappa shape index (κ1) is 33.3. The molecule has 0 saturated carbocycles. The first-order chi connectivity index (χ1) is 25.3. The van der Waals surface area contributed by atoms with Crippen molar-refractivity contribution in [2.75, 3.05) is 11.9 Å². The molecule has 0 spiro atoms. The number of halogens is 1. The molecule has 2 heterocycles. The largest absolute Gasteiger partial charge is 0.347 e. The number of anilines is 1. The number of ketones is 1. The number of likely N-dealkylation sites (N-methyl/N-ethyl adjacent to an activating group) is 1.